The van der Waals surface area contributed by atoms with Crippen molar-refractivity contribution >= 4 is 54.2 Å². The molecular weight excluding hydrogens is 734 g/mol. The monoisotopic (exact) mass is 787 g/mol. The van der Waals surface area contributed by atoms with Crippen molar-refractivity contribution in [3.05, 3.63) is 106 Å². The van der Waals surface area contributed by atoms with Gasteiger partial charge < -0.3 is 24.9 Å². The molecule has 0 aromatic heterocycles. The first kappa shape index (κ1) is 42.1. The third-order valence-electron chi connectivity index (χ3n) is 11.2. The van der Waals surface area contributed by atoms with Crippen LogP contribution in [0.2, 0.25) is 10.1 Å². The van der Waals surface area contributed by atoms with E-state index in [0.29, 0.717) is 42.7 Å². The minimum absolute atomic E-state index is 0.0240. The van der Waals surface area contributed by atoms with Gasteiger partial charge in [-0.15, -0.1) is 0 Å². The predicted octanol–water partition coefficient (Wildman–Crippen LogP) is 6.72. The van der Waals surface area contributed by atoms with Crippen molar-refractivity contribution in [1.29, 1.82) is 0 Å². The van der Waals surface area contributed by atoms with Crippen molar-refractivity contribution in [2.45, 2.75) is 83.8 Å². The highest BCUT2D eigenvalue weighted by Crippen LogP contribution is 2.47. The van der Waals surface area contributed by atoms with E-state index in [9.17, 15) is 29.7 Å². The molecule has 1 saturated heterocycles. The number of unbranched alkanes of at least 4 members (excludes halogenated alkanes) is 2. The molecule has 1 heterocycles. The zero-order valence-corrected chi connectivity index (χ0v) is 34.0. The van der Waals surface area contributed by atoms with E-state index in [2.05, 4.69) is 45.0 Å². The summed E-state index contributed by atoms with van der Waals surface area (Å²) >= 11 is 6.37. The highest BCUT2D eigenvalue weighted by atomic mass is 35.5. The Labute approximate surface area is 330 Å². The topological polar surface area (TPSA) is 145 Å². The molecule has 2 amide bonds. The first-order valence-corrected chi connectivity index (χ1v) is 21.5. The Morgan fingerprint density at radius 3 is 2.16 bits per heavy atom. The molecule has 0 radical (unpaired) electrons. The van der Waals surface area contributed by atoms with E-state index in [1.807, 2.05) is 49.4 Å². The number of nitrogens with zero attached hydrogens (tertiary/aromatic N) is 1. The molecule has 9 nitrogen and oxygen atoms in total. The second kappa shape index (κ2) is 18.3. The maximum Gasteiger partial charge on any atom is 0.303 e. The second-order valence-corrected chi connectivity index (χ2v) is 20.6. The van der Waals surface area contributed by atoms with E-state index in [-0.39, 0.29) is 48.6 Å². The summed E-state index contributed by atoms with van der Waals surface area (Å²) in [5.74, 6) is -3.81. The van der Waals surface area contributed by atoms with Gasteiger partial charge >= 0.3 is 5.97 Å². The van der Waals surface area contributed by atoms with Crippen LogP contribution in [0.15, 0.2) is 95.6 Å². The van der Waals surface area contributed by atoms with Crippen molar-refractivity contribution in [2.24, 2.45) is 17.8 Å². The fourth-order valence-electron chi connectivity index (χ4n) is 8.55. The molecule has 5 rings (SSSR count). The fraction of sp³-hybridized carbons (Fsp3) is 0.432. The maximum absolute atomic E-state index is 14.0. The lowest BCUT2D eigenvalue weighted by Crippen LogP contribution is -2.66. The number of likely N-dealkylation sites (tertiary alicyclic amines) is 1. The normalized spacial score (nSPS) is 19.9. The number of phenolic OH excluding ortho intramolecular Hbond substituents is 1. The van der Waals surface area contributed by atoms with E-state index in [1.165, 1.54) is 11.0 Å². The minimum atomic E-state index is -3.05. The van der Waals surface area contributed by atoms with Gasteiger partial charge in [0.1, 0.15) is 5.75 Å². The van der Waals surface area contributed by atoms with Crippen LogP contribution < -0.4 is 10.4 Å². The minimum Gasteiger partial charge on any atom is -0.508 e. The number of imide groups is 1. The molecule has 2 aliphatic rings. The molecule has 1 fully saturated rings. The molecule has 4 atom stereocenters. The number of aliphatic hydroxyl groups is 2. The Hall–Kier alpha value is -4.06. The molecule has 0 spiro atoms. The molecule has 0 saturated carbocycles. The fourth-order valence-corrected chi connectivity index (χ4v) is 13.3. The summed E-state index contributed by atoms with van der Waals surface area (Å²) in [5.41, 5.74) is 2.96. The smallest absolute Gasteiger partial charge is 0.303 e. The number of carboxylic acid groups (broad SMARTS) is 1. The first-order valence-electron chi connectivity index (χ1n) is 19.2. The first-order chi connectivity index (χ1) is 26.2. The van der Waals surface area contributed by atoms with Crippen LogP contribution in [0.5, 0.6) is 5.75 Å². The number of benzene rings is 3. The van der Waals surface area contributed by atoms with Crippen molar-refractivity contribution < 1.29 is 39.2 Å². The van der Waals surface area contributed by atoms with E-state index >= 15 is 0 Å². The Balaban J connectivity index is 1.52. The van der Waals surface area contributed by atoms with Gasteiger partial charge in [0.15, 0.2) is 0 Å². The average molecular weight is 788 g/mol. The van der Waals surface area contributed by atoms with Gasteiger partial charge in [-0.1, -0.05) is 111 Å². The SMILES string of the molecule is C/C(=C\c1ccc(O)cc1Cl)CC[C@@H](O)C1=C(CO[Si](c2ccccc2)(c2ccccc2)C(C)(C)C)C[C@H]2C(=O)N(CCCCCC(=O)O)C(=O)[C@H]2[C@H]1CO. The summed E-state index contributed by atoms with van der Waals surface area (Å²) < 4.78 is 7.34. The van der Waals surface area contributed by atoms with Gasteiger partial charge in [0, 0.05) is 18.9 Å². The molecule has 3 aromatic rings. The highest BCUT2D eigenvalue weighted by molar-refractivity contribution is 6.99. The van der Waals surface area contributed by atoms with Crippen LogP contribution in [-0.4, -0.2) is 77.3 Å². The molecule has 1 aliphatic heterocycles. The van der Waals surface area contributed by atoms with Crippen LogP contribution in [0.1, 0.15) is 78.2 Å². The van der Waals surface area contributed by atoms with Crippen LogP contribution in [0.3, 0.4) is 0 Å². The molecule has 4 N–H and O–H groups in total. The number of halogens is 1. The van der Waals surface area contributed by atoms with Crippen LogP contribution in [0.4, 0.5) is 0 Å². The lowest BCUT2D eigenvalue weighted by molar-refractivity contribution is -0.141. The molecule has 11 heteroatoms. The summed E-state index contributed by atoms with van der Waals surface area (Å²) in [6.45, 7) is 8.33. The Morgan fingerprint density at radius 1 is 0.964 bits per heavy atom. The van der Waals surface area contributed by atoms with Gasteiger partial charge in [-0.25, -0.2) is 0 Å². The largest absolute Gasteiger partial charge is 0.508 e. The maximum atomic E-state index is 14.0. The summed E-state index contributed by atoms with van der Waals surface area (Å²) in [6, 6.07) is 25.2. The third-order valence-corrected chi connectivity index (χ3v) is 16.5. The number of amides is 2. The average Bonchev–Trinajstić information content (AvgIpc) is 3.39. The summed E-state index contributed by atoms with van der Waals surface area (Å²) in [4.78, 5) is 40.4. The number of aliphatic hydroxyl groups excluding tert-OH is 2. The van der Waals surface area contributed by atoms with Gasteiger partial charge in [-0.3, -0.25) is 19.3 Å². The van der Waals surface area contributed by atoms with E-state index in [0.717, 1.165) is 27.1 Å². The number of allylic oxidation sites excluding steroid dienone is 1. The summed E-state index contributed by atoms with van der Waals surface area (Å²) in [7, 11) is -3.05. The van der Waals surface area contributed by atoms with Gasteiger partial charge in [0.25, 0.3) is 8.32 Å². The second-order valence-electron chi connectivity index (χ2n) is 15.9. The van der Waals surface area contributed by atoms with E-state index < -0.39 is 44.8 Å². The molecule has 1 aliphatic carbocycles. The standard InChI is InChI=1S/C44H54ClNO8Si/c1-29(24-30-20-21-32(48)26-37(30)45)19-22-38(49)40-31(25-35-41(36(40)27-47)43(53)46(42(35)52)23-13-7-12-18-39(50)51)28-54-55(44(2,3)4,33-14-8-5-9-15-33)34-16-10-6-11-17-34/h5-6,8-11,14-17,20-21,24,26,35-36,38,41,47-49H,7,12-13,18-19,22-23,25,27-28H2,1-4H3,(H,50,51)/b29-24+/t35-,36+,38-,41-/m1/s1. The molecule has 0 bridgehead atoms. The van der Waals surface area contributed by atoms with Gasteiger partial charge in [-0.2, -0.15) is 0 Å². The number of phenols is 1. The number of rotatable bonds is 17. The highest BCUT2D eigenvalue weighted by Gasteiger charge is 2.56. The van der Waals surface area contributed by atoms with Gasteiger partial charge in [-0.05, 0) is 89.3 Å². The Kier molecular flexibility index (Phi) is 14.0. The van der Waals surface area contributed by atoms with Gasteiger partial charge in [0.05, 0.1) is 36.2 Å². The summed E-state index contributed by atoms with van der Waals surface area (Å²) in [6.07, 6.45) is 3.37. The van der Waals surface area contributed by atoms with E-state index in [1.54, 1.807) is 12.1 Å². The Bertz CT molecular complexity index is 1850. The number of hydrogen-bond donors (Lipinski definition) is 4. The van der Waals surface area contributed by atoms with Crippen molar-refractivity contribution in [2.75, 3.05) is 19.8 Å². The number of hydrogen-bond acceptors (Lipinski definition) is 7. The van der Waals surface area contributed by atoms with E-state index in [4.69, 9.17) is 21.1 Å². The van der Waals surface area contributed by atoms with Gasteiger partial charge in [0.2, 0.25) is 11.8 Å². The zero-order chi connectivity index (χ0) is 39.9. The number of carbonyl (C=O) groups excluding carboxylic acids is 2. The molecular formula is C44H54ClNO8Si. The van der Waals surface area contributed by atoms with Crippen LogP contribution in [0.25, 0.3) is 6.08 Å². The predicted molar refractivity (Wildman–Crippen MR) is 218 cm³/mol. The number of carbonyl (C=O) groups is 3. The quantitative estimate of drug-likeness (QED) is 0.0511. The van der Waals surface area contributed by atoms with Crippen LogP contribution >= 0.6 is 11.6 Å². The molecule has 3 aromatic carbocycles. The van der Waals surface area contributed by atoms with Crippen molar-refractivity contribution in [1.82, 2.24) is 4.90 Å². The molecule has 55 heavy (non-hydrogen) atoms. The summed E-state index contributed by atoms with van der Waals surface area (Å²) in [5, 5.41) is 44.2. The van der Waals surface area contributed by atoms with Crippen molar-refractivity contribution in [3.63, 3.8) is 0 Å². The third kappa shape index (κ3) is 9.32. The lowest BCUT2D eigenvalue weighted by atomic mass is 9.68. The Morgan fingerprint density at radius 2 is 1.60 bits per heavy atom. The van der Waals surface area contributed by atoms with Crippen LogP contribution in [0, 0.1) is 17.8 Å². The molecule has 0 unspecified atom stereocenters. The number of fused-ring (bicyclic) bond motifs is 1. The van der Waals surface area contributed by atoms with Crippen LogP contribution in [-0.2, 0) is 18.8 Å². The number of aromatic hydroxyl groups is 1. The zero-order valence-electron chi connectivity index (χ0n) is 32.2. The number of aliphatic carboxylic acids is 1. The van der Waals surface area contributed by atoms with Crippen molar-refractivity contribution in [3.8, 4) is 5.75 Å². The lowest BCUT2D eigenvalue weighted by Gasteiger charge is -2.44. The number of carboxylic acids is 1. The molecule has 294 valence electrons.